The number of aromatic nitrogens is 5. The van der Waals surface area contributed by atoms with Gasteiger partial charge in [0.15, 0.2) is 11.6 Å². The Morgan fingerprint density at radius 1 is 1.27 bits per heavy atom. The first-order chi connectivity index (χ1) is 17.6. The predicted molar refractivity (Wildman–Crippen MR) is 121 cm³/mol. The van der Waals surface area contributed by atoms with Crippen molar-refractivity contribution in [1.82, 2.24) is 30.1 Å². The highest BCUT2D eigenvalue weighted by Crippen LogP contribution is 2.57. The molecule has 3 aromatic heterocycles. The van der Waals surface area contributed by atoms with Gasteiger partial charge in [-0.05, 0) is 51.0 Å². The molecule has 0 saturated heterocycles. The summed E-state index contributed by atoms with van der Waals surface area (Å²) in [4.78, 5) is 16.6. The zero-order chi connectivity index (χ0) is 25.9. The van der Waals surface area contributed by atoms with E-state index in [0.717, 1.165) is 19.3 Å². The number of H-pyrrole nitrogens is 1. The lowest BCUT2D eigenvalue weighted by Gasteiger charge is -2.61. The summed E-state index contributed by atoms with van der Waals surface area (Å²) in [5, 5.41) is 17.1. The summed E-state index contributed by atoms with van der Waals surface area (Å²) >= 11 is 0. The average Bonchev–Trinajstić information content (AvgIpc) is 3.47. The van der Waals surface area contributed by atoms with Gasteiger partial charge in [0.05, 0.1) is 17.6 Å². The third kappa shape index (κ3) is 4.69. The van der Waals surface area contributed by atoms with E-state index in [-0.39, 0.29) is 11.2 Å². The number of alkyl halides is 4. The van der Waals surface area contributed by atoms with E-state index in [4.69, 9.17) is 4.74 Å². The maximum atomic E-state index is 15.2. The van der Waals surface area contributed by atoms with Gasteiger partial charge in [0.25, 0.3) is 0 Å². The lowest BCUT2D eigenvalue weighted by Crippen LogP contribution is -2.68. The summed E-state index contributed by atoms with van der Waals surface area (Å²) < 4.78 is 63.1. The number of carbonyl (C=O) groups is 1. The summed E-state index contributed by atoms with van der Waals surface area (Å²) in [6.45, 7) is 0.975. The van der Waals surface area contributed by atoms with Crippen LogP contribution in [0.4, 0.5) is 34.0 Å². The quantitative estimate of drug-likeness (QED) is 0.393. The van der Waals surface area contributed by atoms with Gasteiger partial charge < -0.3 is 15.4 Å². The van der Waals surface area contributed by atoms with Crippen LogP contribution in [0.1, 0.15) is 55.1 Å². The van der Waals surface area contributed by atoms with Crippen molar-refractivity contribution >= 4 is 23.2 Å². The molecule has 37 heavy (non-hydrogen) atoms. The molecule has 14 heteroatoms. The van der Waals surface area contributed by atoms with E-state index in [0.29, 0.717) is 47.3 Å². The Bertz CT molecular complexity index is 1320. The summed E-state index contributed by atoms with van der Waals surface area (Å²) in [5.74, 6) is 0.849. The van der Waals surface area contributed by atoms with E-state index in [9.17, 15) is 18.0 Å². The Morgan fingerprint density at radius 3 is 2.76 bits per heavy atom. The number of rotatable bonds is 7. The average molecular weight is 523 g/mol. The number of carbonyl (C=O) groups excluding carboxylic acids is 1. The molecule has 3 atom stereocenters. The standard InChI is InChI=1S/C23H25F4N7O3/c1-11-9-34-16(4-13(33-34)10-36-23(25,26)27)20(28-11)29-18-5-15(31-32-18)14-2-3-17(19(14)24)37-21(35)30-22-6-12(7-22)8-22/h4-5,9,12,14,17,19H,2-3,6-8,10H2,1H3,(H,30,35)(H2,28,29,31,32)/t12?,14-,17-,19+,22?/m1/s1. The van der Waals surface area contributed by atoms with Crippen LogP contribution >= 0.6 is 0 Å². The normalized spacial score (nSPS) is 28.6. The molecular weight excluding hydrogens is 498 g/mol. The lowest BCUT2D eigenvalue weighted by atomic mass is 9.50. The molecule has 3 N–H and O–H groups in total. The second-order valence-corrected chi connectivity index (χ2v) is 10.2. The predicted octanol–water partition coefficient (Wildman–Crippen LogP) is 4.40. The fraction of sp³-hybridized carbons (Fsp3) is 0.565. The number of anilines is 2. The van der Waals surface area contributed by atoms with E-state index in [1.54, 1.807) is 19.2 Å². The first-order valence-electron chi connectivity index (χ1n) is 12.1. The number of ether oxygens (including phenoxy) is 2. The molecule has 198 valence electrons. The van der Waals surface area contributed by atoms with Crippen molar-refractivity contribution in [3.05, 3.63) is 35.4 Å². The second kappa shape index (κ2) is 8.57. The molecule has 0 radical (unpaired) electrons. The van der Waals surface area contributed by atoms with E-state index in [1.807, 2.05) is 0 Å². The molecule has 2 bridgehead atoms. The molecular formula is C23H25F4N7O3. The van der Waals surface area contributed by atoms with Gasteiger partial charge >= 0.3 is 12.5 Å². The van der Waals surface area contributed by atoms with Crippen LogP contribution in [0.5, 0.6) is 0 Å². The summed E-state index contributed by atoms with van der Waals surface area (Å²) in [7, 11) is 0. The largest absolute Gasteiger partial charge is 0.522 e. The number of alkyl carbamates (subject to hydrolysis) is 1. The Labute approximate surface area is 208 Å². The number of hydrogen-bond donors (Lipinski definition) is 3. The molecule has 4 fully saturated rings. The Balaban J connectivity index is 1.11. The monoisotopic (exact) mass is 523 g/mol. The van der Waals surface area contributed by atoms with Crippen molar-refractivity contribution in [2.24, 2.45) is 5.92 Å². The van der Waals surface area contributed by atoms with Crippen LogP contribution in [0.25, 0.3) is 5.52 Å². The number of aromatic amines is 1. The smallest absolute Gasteiger partial charge is 0.443 e. The van der Waals surface area contributed by atoms with Gasteiger partial charge in [-0.1, -0.05) is 0 Å². The van der Waals surface area contributed by atoms with Crippen molar-refractivity contribution in [2.45, 2.75) is 75.7 Å². The molecule has 1 amide bonds. The number of aryl methyl sites for hydroxylation is 1. The van der Waals surface area contributed by atoms with E-state index in [2.05, 4.69) is 35.7 Å². The molecule has 0 aliphatic heterocycles. The first-order valence-corrected chi connectivity index (χ1v) is 12.1. The number of hydrogen-bond acceptors (Lipinski definition) is 7. The summed E-state index contributed by atoms with van der Waals surface area (Å²) in [5.41, 5.74) is 1.47. The molecule has 4 aliphatic rings. The number of halogens is 4. The number of amides is 1. The zero-order valence-electron chi connectivity index (χ0n) is 19.8. The minimum Gasteiger partial charge on any atom is -0.443 e. The number of nitrogens with one attached hydrogen (secondary N) is 3. The number of nitrogens with zero attached hydrogens (tertiary/aromatic N) is 4. The molecule has 7 rings (SSSR count). The molecule has 4 aliphatic carbocycles. The Kier molecular flexibility index (Phi) is 5.55. The minimum absolute atomic E-state index is 0.0748. The van der Waals surface area contributed by atoms with Crippen molar-refractivity contribution in [2.75, 3.05) is 5.32 Å². The molecule has 4 saturated carbocycles. The third-order valence-electron chi connectivity index (χ3n) is 7.42. The van der Waals surface area contributed by atoms with Gasteiger partial charge in [0.1, 0.15) is 24.4 Å². The maximum Gasteiger partial charge on any atom is 0.522 e. The minimum atomic E-state index is -4.77. The van der Waals surface area contributed by atoms with Crippen molar-refractivity contribution in [3.63, 3.8) is 0 Å². The molecule has 0 spiro atoms. The van der Waals surface area contributed by atoms with Crippen LogP contribution in [-0.2, 0) is 16.1 Å². The topological polar surface area (TPSA) is 118 Å². The van der Waals surface area contributed by atoms with Crippen molar-refractivity contribution in [1.29, 1.82) is 0 Å². The van der Waals surface area contributed by atoms with Crippen LogP contribution in [-0.4, -0.2) is 55.1 Å². The fourth-order valence-electron chi connectivity index (χ4n) is 5.58. The lowest BCUT2D eigenvalue weighted by molar-refractivity contribution is -0.330. The van der Waals surface area contributed by atoms with Gasteiger partial charge in [-0.2, -0.15) is 10.2 Å². The zero-order valence-corrected chi connectivity index (χ0v) is 19.8. The first kappa shape index (κ1) is 23.9. The Hall–Kier alpha value is -3.42. The van der Waals surface area contributed by atoms with E-state index >= 15 is 4.39 Å². The third-order valence-corrected chi connectivity index (χ3v) is 7.42. The molecule has 0 aromatic carbocycles. The second-order valence-electron chi connectivity index (χ2n) is 10.2. The van der Waals surface area contributed by atoms with Gasteiger partial charge in [-0.3, -0.25) is 9.84 Å². The highest BCUT2D eigenvalue weighted by Gasteiger charge is 2.58. The highest BCUT2D eigenvalue weighted by atomic mass is 19.4. The molecule has 3 aromatic rings. The molecule has 10 nitrogen and oxygen atoms in total. The van der Waals surface area contributed by atoms with E-state index < -0.39 is 37.3 Å². The summed E-state index contributed by atoms with van der Waals surface area (Å²) in [6, 6.07) is 3.08. The number of fused-ring (bicyclic) bond motifs is 1. The Morgan fingerprint density at radius 2 is 2.05 bits per heavy atom. The summed E-state index contributed by atoms with van der Waals surface area (Å²) in [6.07, 6.45) is -2.18. The molecule has 0 unspecified atom stereocenters. The van der Waals surface area contributed by atoms with Crippen LogP contribution in [0, 0.1) is 12.8 Å². The van der Waals surface area contributed by atoms with Gasteiger partial charge in [-0.25, -0.2) is 18.7 Å². The van der Waals surface area contributed by atoms with Crippen LogP contribution in [0.15, 0.2) is 18.3 Å². The van der Waals surface area contributed by atoms with Crippen LogP contribution in [0.2, 0.25) is 0 Å². The van der Waals surface area contributed by atoms with Gasteiger partial charge in [0, 0.05) is 23.2 Å². The SMILES string of the molecule is Cc1cn2nc(COC(F)(F)F)cc2c(Nc2cc([C@H]3CC[C@@H](OC(=O)NC45CC(C4)C5)[C@H]3F)[nH]n2)n1. The van der Waals surface area contributed by atoms with Crippen LogP contribution in [0.3, 0.4) is 0 Å². The van der Waals surface area contributed by atoms with Crippen LogP contribution < -0.4 is 10.6 Å². The van der Waals surface area contributed by atoms with Gasteiger partial charge in [0.2, 0.25) is 0 Å². The van der Waals surface area contributed by atoms with E-state index in [1.165, 1.54) is 10.6 Å². The highest BCUT2D eigenvalue weighted by molar-refractivity contribution is 5.72. The van der Waals surface area contributed by atoms with Crippen molar-refractivity contribution in [3.8, 4) is 0 Å². The van der Waals surface area contributed by atoms with Crippen molar-refractivity contribution < 1.29 is 31.8 Å². The fourth-order valence-corrected chi connectivity index (χ4v) is 5.58. The maximum absolute atomic E-state index is 15.2. The van der Waals surface area contributed by atoms with Gasteiger partial charge in [-0.15, -0.1) is 13.2 Å². The molecule has 3 heterocycles.